The van der Waals surface area contributed by atoms with Crippen LogP contribution in [0.1, 0.15) is 56.5 Å². The van der Waals surface area contributed by atoms with Gasteiger partial charge in [-0.05, 0) is 38.3 Å². The van der Waals surface area contributed by atoms with Gasteiger partial charge in [0.1, 0.15) is 6.10 Å². The molecule has 2 N–H and O–H groups in total. The summed E-state index contributed by atoms with van der Waals surface area (Å²) in [6, 6.07) is -0.178. The summed E-state index contributed by atoms with van der Waals surface area (Å²) in [6.07, 6.45) is 4.84. The minimum atomic E-state index is -0.178. The Balaban J connectivity index is 1.60. The van der Waals surface area contributed by atoms with Gasteiger partial charge in [-0.3, -0.25) is 0 Å². The highest BCUT2D eigenvalue weighted by atomic mass is 16.5. The molecule has 0 saturated carbocycles. The van der Waals surface area contributed by atoms with E-state index < -0.39 is 0 Å². The summed E-state index contributed by atoms with van der Waals surface area (Å²) in [7, 11) is 0. The van der Waals surface area contributed by atoms with Crippen LogP contribution in [0.2, 0.25) is 0 Å². The largest absolute Gasteiger partial charge is 0.368 e. The van der Waals surface area contributed by atoms with Crippen molar-refractivity contribution >= 4 is 0 Å². The van der Waals surface area contributed by atoms with Crippen molar-refractivity contribution in [3.05, 3.63) is 11.7 Å². The first-order valence-electron chi connectivity index (χ1n) is 7.67. The van der Waals surface area contributed by atoms with Crippen molar-refractivity contribution in [2.45, 2.75) is 44.8 Å². The molecule has 3 unspecified atom stereocenters. The van der Waals surface area contributed by atoms with Crippen LogP contribution in [0, 0.1) is 5.92 Å². The number of aromatic nitrogens is 2. The van der Waals surface area contributed by atoms with Gasteiger partial charge in [0.2, 0.25) is 0 Å². The molecule has 0 aromatic carbocycles. The standard InChI is InChI=1S/C14H24N4O2/c1-10-5-8-19-12(10)14-16-13(17-20-14)11(15)9-18-6-3-2-4-7-18/h10-12H,2-9,15H2,1H3. The van der Waals surface area contributed by atoms with E-state index in [2.05, 4.69) is 22.0 Å². The summed E-state index contributed by atoms with van der Waals surface area (Å²) < 4.78 is 11.0. The Morgan fingerprint density at radius 2 is 2.15 bits per heavy atom. The Morgan fingerprint density at radius 3 is 2.85 bits per heavy atom. The van der Waals surface area contributed by atoms with Crippen molar-refractivity contribution in [3.63, 3.8) is 0 Å². The van der Waals surface area contributed by atoms with Crippen LogP contribution in [0.15, 0.2) is 4.52 Å². The van der Waals surface area contributed by atoms with Gasteiger partial charge in [-0.15, -0.1) is 0 Å². The molecular weight excluding hydrogens is 256 g/mol. The molecule has 3 heterocycles. The van der Waals surface area contributed by atoms with Crippen LogP contribution in [0.5, 0.6) is 0 Å². The topological polar surface area (TPSA) is 77.4 Å². The Labute approximate surface area is 119 Å². The van der Waals surface area contributed by atoms with Crippen molar-refractivity contribution in [2.24, 2.45) is 11.7 Å². The molecule has 2 aliphatic rings. The molecule has 3 rings (SSSR count). The second-order valence-electron chi connectivity index (χ2n) is 6.02. The Hall–Kier alpha value is -0.980. The quantitative estimate of drug-likeness (QED) is 0.903. The average molecular weight is 280 g/mol. The maximum Gasteiger partial charge on any atom is 0.256 e. The number of ether oxygens (including phenoxy) is 1. The molecular formula is C14H24N4O2. The molecule has 6 heteroatoms. The molecule has 3 atom stereocenters. The summed E-state index contributed by atoms with van der Waals surface area (Å²) in [5, 5.41) is 4.04. The monoisotopic (exact) mass is 280 g/mol. The fourth-order valence-corrected chi connectivity index (χ4v) is 3.03. The van der Waals surface area contributed by atoms with Gasteiger partial charge >= 0.3 is 0 Å². The smallest absolute Gasteiger partial charge is 0.256 e. The highest BCUT2D eigenvalue weighted by molar-refractivity contribution is 4.98. The van der Waals surface area contributed by atoms with E-state index in [4.69, 9.17) is 15.0 Å². The highest BCUT2D eigenvalue weighted by Crippen LogP contribution is 2.33. The second-order valence-corrected chi connectivity index (χ2v) is 6.02. The first kappa shape index (κ1) is 14.0. The van der Waals surface area contributed by atoms with Gasteiger partial charge in [-0.1, -0.05) is 18.5 Å². The van der Waals surface area contributed by atoms with Gasteiger partial charge in [-0.2, -0.15) is 4.98 Å². The fraction of sp³-hybridized carbons (Fsp3) is 0.857. The van der Waals surface area contributed by atoms with Gasteiger partial charge in [-0.25, -0.2) is 0 Å². The number of piperidine rings is 1. The molecule has 6 nitrogen and oxygen atoms in total. The van der Waals surface area contributed by atoms with Crippen molar-refractivity contribution in [3.8, 4) is 0 Å². The molecule has 2 fully saturated rings. The Kier molecular flexibility index (Phi) is 4.33. The summed E-state index contributed by atoms with van der Waals surface area (Å²) in [4.78, 5) is 6.84. The number of rotatable bonds is 4. The van der Waals surface area contributed by atoms with E-state index in [1.54, 1.807) is 0 Å². The summed E-state index contributed by atoms with van der Waals surface area (Å²) in [6.45, 7) is 5.97. The number of hydrogen-bond acceptors (Lipinski definition) is 6. The maximum atomic E-state index is 6.21. The molecule has 0 radical (unpaired) electrons. The zero-order valence-corrected chi connectivity index (χ0v) is 12.1. The van der Waals surface area contributed by atoms with E-state index in [1.807, 2.05) is 0 Å². The first-order valence-corrected chi connectivity index (χ1v) is 7.67. The van der Waals surface area contributed by atoms with Gasteiger partial charge in [0, 0.05) is 13.2 Å². The molecule has 112 valence electrons. The molecule has 0 spiro atoms. The molecule has 0 bridgehead atoms. The lowest BCUT2D eigenvalue weighted by Crippen LogP contribution is -2.36. The third-order valence-corrected chi connectivity index (χ3v) is 4.32. The predicted molar refractivity (Wildman–Crippen MR) is 74.0 cm³/mol. The van der Waals surface area contributed by atoms with E-state index in [1.165, 1.54) is 19.3 Å². The molecule has 1 aromatic heterocycles. The number of nitrogens with zero attached hydrogens (tertiary/aromatic N) is 3. The SMILES string of the molecule is CC1CCOC1c1nc(C(N)CN2CCCCC2)no1. The van der Waals surface area contributed by atoms with Crippen LogP contribution < -0.4 is 5.73 Å². The second kappa shape index (κ2) is 6.20. The van der Waals surface area contributed by atoms with Gasteiger partial charge in [0.25, 0.3) is 5.89 Å². The van der Waals surface area contributed by atoms with Gasteiger partial charge in [0.15, 0.2) is 5.82 Å². The highest BCUT2D eigenvalue weighted by Gasteiger charge is 2.31. The van der Waals surface area contributed by atoms with Gasteiger partial charge in [0.05, 0.1) is 6.04 Å². The lowest BCUT2D eigenvalue weighted by Gasteiger charge is -2.27. The first-order chi connectivity index (χ1) is 9.74. The van der Waals surface area contributed by atoms with E-state index in [0.717, 1.165) is 32.7 Å². The van der Waals surface area contributed by atoms with Crippen molar-refractivity contribution < 1.29 is 9.26 Å². The van der Waals surface area contributed by atoms with Crippen LogP contribution >= 0.6 is 0 Å². The summed E-state index contributed by atoms with van der Waals surface area (Å²) >= 11 is 0. The van der Waals surface area contributed by atoms with Gasteiger partial charge < -0.3 is 19.9 Å². The minimum Gasteiger partial charge on any atom is -0.368 e. The Morgan fingerprint density at radius 1 is 1.35 bits per heavy atom. The molecule has 2 aliphatic heterocycles. The lowest BCUT2D eigenvalue weighted by molar-refractivity contribution is 0.0661. The molecule has 1 aromatic rings. The average Bonchev–Trinajstić information content (AvgIpc) is 3.08. The fourth-order valence-electron chi connectivity index (χ4n) is 3.03. The van der Waals surface area contributed by atoms with E-state index in [0.29, 0.717) is 17.6 Å². The molecule has 0 aliphatic carbocycles. The third kappa shape index (κ3) is 3.02. The van der Waals surface area contributed by atoms with Crippen LogP contribution in [0.4, 0.5) is 0 Å². The van der Waals surface area contributed by atoms with Crippen LogP contribution in [0.25, 0.3) is 0 Å². The molecule has 2 saturated heterocycles. The predicted octanol–water partition coefficient (Wildman–Crippen LogP) is 1.65. The molecule has 0 amide bonds. The lowest BCUT2D eigenvalue weighted by atomic mass is 10.0. The number of likely N-dealkylation sites (tertiary alicyclic amines) is 1. The maximum absolute atomic E-state index is 6.21. The zero-order valence-electron chi connectivity index (χ0n) is 12.1. The number of nitrogens with two attached hydrogens (primary N) is 1. The van der Waals surface area contributed by atoms with E-state index >= 15 is 0 Å². The van der Waals surface area contributed by atoms with Crippen LogP contribution in [-0.4, -0.2) is 41.3 Å². The third-order valence-electron chi connectivity index (χ3n) is 4.32. The zero-order chi connectivity index (χ0) is 13.9. The number of hydrogen-bond donors (Lipinski definition) is 1. The normalized spacial score (nSPS) is 29.7. The van der Waals surface area contributed by atoms with E-state index in [-0.39, 0.29) is 12.1 Å². The van der Waals surface area contributed by atoms with Crippen molar-refractivity contribution in [1.82, 2.24) is 15.0 Å². The van der Waals surface area contributed by atoms with E-state index in [9.17, 15) is 0 Å². The minimum absolute atomic E-state index is 0.0570. The van der Waals surface area contributed by atoms with Crippen molar-refractivity contribution in [2.75, 3.05) is 26.2 Å². The van der Waals surface area contributed by atoms with Crippen LogP contribution in [-0.2, 0) is 4.74 Å². The Bertz CT molecular complexity index is 431. The molecule has 20 heavy (non-hydrogen) atoms. The summed E-state index contributed by atoms with van der Waals surface area (Å²) in [5.41, 5.74) is 6.21. The summed E-state index contributed by atoms with van der Waals surface area (Å²) in [5.74, 6) is 1.62. The van der Waals surface area contributed by atoms with Crippen LogP contribution in [0.3, 0.4) is 0 Å². The van der Waals surface area contributed by atoms with Crippen molar-refractivity contribution in [1.29, 1.82) is 0 Å².